The van der Waals surface area contributed by atoms with Crippen molar-refractivity contribution < 1.29 is 9.53 Å². The Morgan fingerprint density at radius 3 is 2.77 bits per heavy atom. The van der Waals surface area contributed by atoms with Crippen LogP contribution in [-0.2, 0) is 11.2 Å². The van der Waals surface area contributed by atoms with Crippen LogP contribution in [0.4, 0.5) is 5.69 Å². The minimum absolute atomic E-state index is 0.0527. The van der Waals surface area contributed by atoms with E-state index in [9.17, 15) is 4.79 Å². The van der Waals surface area contributed by atoms with Crippen LogP contribution in [-0.4, -0.2) is 43.0 Å². The molecule has 1 amide bonds. The van der Waals surface area contributed by atoms with Crippen LogP contribution in [0, 0.1) is 0 Å². The highest BCUT2D eigenvalue weighted by Gasteiger charge is 2.08. The zero-order valence-corrected chi connectivity index (χ0v) is 13.0. The number of pyridine rings is 1. The monoisotopic (exact) mass is 299 g/mol. The Balaban J connectivity index is 1.78. The first kappa shape index (κ1) is 15.8. The fourth-order valence-corrected chi connectivity index (χ4v) is 2.02. The van der Waals surface area contributed by atoms with Crippen LogP contribution in [0.25, 0.3) is 0 Å². The van der Waals surface area contributed by atoms with Gasteiger partial charge in [-0.1, -0.05) is 6.07 Å². The molecule has 0 atom stereocenters. The highest BCUT2D eigenvalue weighted by atomic mass is 16.5. The fourth-order valence-electron chi connectivity index (χ4n) is 2.02. The van der Waals surface area contributed by atoms with Crippen LogP contribution in [0.15, 0.2) is 48.8 Å². The standard InChI is InChI=1S/C17H21N3O2/c1-20(11-8-14-6-9-18-10-7-14)17(21)13-19-15-4-3-5-16(12-15)22-2/h3-7,9-10,12,19H,8,11,13H2,1-2H3. The van der Waals surface area contributed by atoms with Crippen LogP contribution in [0.2, 0.25) is 0 Å². The van der Waals surface area contributed by atoms with Crippen molar-refractivity contribution in [1.82, 2.24) is 9.88 Å². The number of rotatable bonds is 7. The summed E-state index contributed by atoms with van der Waals surface area (Å²) in [6.45, 7) is 0.947. The molecule has 116 valence electrons. The van der Waals surface area contributed by atoms with E-state index in [0.29, 0.717) is 6.54 Å². The number of nitrogens with one attached hydrogen (secondary N) is 1. The summed E-state index contributed by atoms with van der Waals surface area (Å²) in [5.74, 6) is 0.820. The Morgan fingerprint density at radius 2 is 2.05 bits per heavy atom. The summed E-state index contributed by atoms with van der Waals surface area (Å²) >= 11 is 0. The maximum absolute atomic E-state index is 12.1. The topological polar surface area (TPSA) is 54.5 Å². The molecule has 0 radical (unpaired) electrons. The summed E-state index contributed by atoms with van der Waals surface area (Å²) in [6, 6.07) is 11.5. The Bertz CT molecular complexity index is 602. The van der Waals surface area contributed by atoms with Crippen molar-refractivity contribution in [3.05, 3.63) is 54.4 Å². The molecule has 1 N–H and O–H groups in total. The second kappa shape index (κ2) is 8.02. The minimum Gasteiger partial charge on any atom is -0.497 e. The molecule has 2 aromatic rings. The molecule has 2 rings (SSSR count). The van der Waals surface area contributed by atoms with E-state index in [-0.39, 0.29) is 12.5 Å². The van der Waals surface area contributed by atoms with E-state index in [1.165, 1.54) is 5.56 Å². The number of hydrogen-bond donors (Lipinski definition) is 1. The number of benzene rings is 1. The van der Waals surface area contributed by atoms with Gasteiger partial charge in [-0.25, -0.2) is 0 Å². The second-order valence-corrected chi connectivity index (χ2v) is 5.01. The summed E-state index contributed by atoms with van der Waals surface area (Å²) in [4.78, 5) is 17.8. The first-order chi connectivity index (χ1) is 10.7. The average molecular weight is 299 g/mol. The van der Waals surface area contributed by atoms with Crippen LogP contribution < -0.4 is 10.1 Å². The summed E-state index contributed by atoms with van der Waals surface area (Å²) in [5, 5.41) is 3.12. The number of aromatic nitrogens is 1. The molecule has 1 aromatic carbocycles. The van der Waals surface area contributed by atoms with Gasteiger partial charge in [0.2, 0.25) is 5.91 Å². The van der Waals surface area contributed by atoms with E-state index in [1.54, 1.807) is 24.4 Å². The molecule has 5 nitrogen and oxygen atoms in total. The molecule has 0 spiro atoms. The zero-order valence-electron chi connectivity index (χ0n) is 13.0. The van der Waals surface area contributed by atoms with E-state index < -0.39 is 0 Å². The molecule has 0 saturated carbocycles. The predicted octanol–water partition coefficient (Wildman–Crippen LogP) is 2.20. The van der Waals surface area contributed by atoms with Crippen molar-refractivity contribution in [1.29, 1.82) is 0 Å². The van der Waals surface area contributed by atoms with Gasteiger partial charge in [-0.15, -0.1) is 0 Å². The van der Waals surface area contributed by atoms with Crippen LogP contribution >= 0.6 is 0 Å². The largest absolute Gasteiger partial charge is 0.497 e. The van der Waals surface area contributed by atoms with Gasteiger partial charge in [-0.05, 0) is 36.2 Å². The number of ether oxygens (including phenoxy) is 1. The normalized spacial score (nSPS) is 10.1. The van der Waals surface area contributed by atoms with Crippen molar-refractivity contribution in [2.75, 3.05) is 32.6 Å². The lowest BCUT2D eigenvalue weighted by molar-refractivity contribution is -0.127. The quantitative estimate of drug-likeness (QED) is 0.851. The summed E-state index contributed by atoms with van der Waals surface area (Å²) in [6.07, 6.45) is 4.35. The highest BCUT2D eigenvalue weighted by molar-refractivity contribution is 5.80. The first-order valence-corrected chi connectivity index (χ1v) is 7.20. The van der Waals surface area contributed by atoms with Gasteiger partial charge < -0.3 is 15.0 Å². The van der Waals surface area contributed by atoms with Gasteiger partial charge in [0.15, 0.2) is 0 Å². The van der Waals surface area contributed by atoms with E-state index in [1.807, 2.05) is 43.4 Å². The highest BCUT2D eigenvalue weighted by Crippen LogP contribution is 2.16. The number of hydrogen-bond acceptors (Lipinski definition) is 4. The number of amides is 1. The Hall–Kier alpha value is -2.56. The van der Waals surface area contributed by atoms with E-state index >= 15 is 0 Å². The van der Waals surface area contributed by atoms with Gasteiger partial charge in [0.05, 0.1) is 13.7 Å². The lowest BCUT2D eigenvalue weighted by Crippen LogP contribution is -2.33. The number of carbonyl (C=O) groups excluding carboxylic acids is 1. The molecular formula is C17H21N3O2. The Kier molecular flexibility index (Phi) is 5.77. The number of anilines is 1. The van der Waals surface area contributed by atoms with E-state index in [4.69, 9.17) is 4.74 Å². The molecule has 0 aliphatic carbocycles. The zero-order chi connectivity index (χ0) is 15.8. The second-order valence-electron chi connectivity index (χ2n) is 5.01. The Labute approximate surface area is 130 Å². The molecule has 1 aromatic heterocycles. The molecule has 5 heteroatoms. The number of methoxy groups -OCH3 is 1. The summed E-state index contributed by atoms with van der Waals surface area (Å²) < 4.78 is 5.16. The molecule has 0 saturated heterocycles. The number of likely N-dealkylation sites (N-methyl/N-ethyl adjacent to an activating group) is 1. The molecule has 0 unspecified atom stereocenters. The number of nitrogens with zero attached hydrogens (tertiary/aromatic N) is 2. The third-order valence-electron chi connectivity index (χ3n) is 3.42. The first-order valence-electron chi connectivity index (χ1n) is 7.20. The SMILES string of the molecule is COc1cccc(NCC(=O)N(C)CCc2ccncc2)c1. The van der Waals surface area contributed by atoms with Gasteiger partial charge >= 0.3 is 0 Å². The smallest absolute Gasteiger partial charge is 0.241 e. The van der Waals surface area contributed by atoms with Crippen molar-refractivity contribution in [2.24, 2.45) is 0 Å². The van der Waals surface area contributed by atoms with Gasteiger partial charge in [-0.2, -0.15) is 0 Å². The fraction of sp³-hybridized carbons (Fsp3) is 0.294. The van der Waals surface area contributed by atoms with Crippen molar-refractivity contribution >= 4 is 11.6 Å². The van der Waals surface area contributed by atoms with Gasteiger partial charge in [0.25, 0.3) is 0 Å². The molecule has 0 fully saturated rings. The van der Waals surface area contributed by atoms with Crippen molar-refractivity contribution in [3.8, 4) is 5.75 Å². The third-order valence-corrected chi connectivity index (χ3v) is 3.42. The summed E-state index contributed by atoms with van der Waals surface area (Å²) in [5.41, 5.74) is 2.05. The van der Waals surface area contributed by atoms with Gasteiger partial charge in [-0.3, -0.25) is 9.78 Å². The van der Waals surface area contributed by atoms with Crippen LogP contribution in [0.5, 0.6) is 5.75 Å². The number of carbonyl (C=O) groups is 1. The molecular weight excluding hydrogens is 278 g/mol. The predicted molar refractivity (Wildman–Crippen MR) is 87.1 cm³/mol. The maximum Gasteiger partial charge on any atom is 0.241 e. The van der Waals surface area contributed by atoms with Crippen LogP contribution in [0.1, 0.15) is 5.56 Å². The van der Waals surface area contributed by atoms with Crippen molar-refractivity contribution in [3.63, 3.8) is 0 Å². The van der Waals surface area contributed by atoms with E-state index in [2.05, 4.69) is 10.3 Å². The lowest BCUT2D eigenvalue weighted by atomic mass is 10.2. The summed E-state index contributed by atoms with van der Waals surface area (Å²) in [7, 11) is 3.44. The molecule has 1 heterocycles. The average Bonchev–Trinajstić information content (AvgIpc) is 2.58. The molecule has 0 bridgehead atoms. The van der Waals surface area contributed by atoms with Crippen LogP contribution in [0.3, 0.4) is 0 Å². The minimum atomic E-state index is 0.0527. The molecule has 0 aliphatic heterocycles. The Morgan fingerprint density at radius 1 is 1.27 bits per heavy atom. The molecule has 0 aliphatic rings. The van der Waals surface area contributed by atoms with Gasteiger partial charge in [0, 0.05) is 37.7 Å². The lowest BCUT2D eigenvalue weighted by Gasteiger charge is -2.18. The molecule has 22 heavy (non-hydrogen) atoms. The van der Waals surface area contributed by atoms with Crippen molar-refractivity contribution in [2.45, 2.75) is 6.42 Å². The maximum atomic E-state index is 12.1. The third kappa shape index (κ3) is 4.77. The van der Waals surface area contributed by atoms with Gasteiger partial charge in [0.1, 0.15) is 5.75 Å². The van der Waals surface area contributed by atoms with E-state index in [0.717, 1.165) is 17.9 Å².